The predicted octanol–water partition coefficient (Wildman–Crippen LogP) is 5.16. The quantitative estimate of drug-likeness (QED) is 0.455. The van der Waals surface area contributed by atoms with Crippen LogP contribution in [0.5, 0.6) is 5.75 Å². The lowest BCUT2D eigenvalue weighted by Gasteiger charge is -2.29. The van der Waals surface area contributed by atoms with Gasteiger partial charge in [-0.15, -0.1) is 0 Å². The standard InChI is InChI=1S/C29H39N5O2/c1-29(2,3)21-12-16-23(17-13-21)36-19-26(35)30-18-20-10-14-22(15-11-20)31-28-32-25-9-7-6-8-24(25)27(33-28)34(4)5/h6-9,12-13,16-17,20,22H,10-11,14-15,18-19H2,1-5H3,(H,30,35)(H,31,32,33). The van der Waals surface area contributed by atoms with Gasteiger partial charge in [0, 0.05) is 32.1 Å². The van der Waals surface area contributed by atoms with Gasteiger partial charge in [0.1, 0.15) is 11.6 Å². The van der Waals surface area contributed by atoms with Crippen LogP contribution in [0.4, 0.5) is 11.8 Å². The molecule has 0 aliphatic heterocycles. The lowest BCUT2D eigenvalue weighted by atomic mass is 9.86. The second kappa shape index (κ2) is 11.1. The summed E-state index contributed by atoms with van der Waals surface area (Å²) in [6.45, 7) is 7.27. The Morgan fingerprint density at radius 3 is 2.36 bits per heavy atom. The third-order valence-electron chi connectivity index (χ3n) is 6.86. The lowest BCUT2D eigenvalue weighted by Crippen LogP contribution is -2.36. The first-order chi connectivity index (χ1) is 17.2. The van der Waals surface area contributed by atoms with E-state index in [2.05, 4.69) is 49.6 Å². The van der Waals surface area contributed by atoms with E-state index in [1.54, 1.807) is 0 Å². The molecule has 7 heteroatoms. The Labute approximate surface area is 214 Å². The highest BCUT2D eigenvalue weighted by atomic mass is 16.5. The number of nitrogens with one attached hydrogen (secondary N) is 2. The molecule has 0 radical (unpaired) electrons. The van der Waals surface area contributed by atoms with Crippen LogP contribution in [0.3, 0.4) is 0 Å². The van der Waals surface area contributed by atoms with Gasteiger partial charge in [-0.2, -0.15) is 4.98 Å². The molecule has 3 aromatic rings. The number of amides is 1. The molecule has 1 saturated carbocycles. The van der Waals surface area contributed by atoms with Gasteiger partial charge in [-0.3, -0.25) is 4.79 Å². The first-order valence-corrected chi connectivity index (χ1v) is 12.9. The van der Waals surface area contributed by atoms with Crippen LogP contribution >= 0.6 is 0 Å². The second-order valence-corrected chi connectivity index (χ2v) is 11.0. The van der Waals surface area contributed by atoms with Crippen LogP contribution in [0, 0.1) is 5.92 Å². The minimum absolute atomic E-state index is 0.0409. The molecule has 1 heterocycles. The van der Waals surface area contributed by atoms with Crippen molar-refractivity contribution in [2.75, 3.05) is 37.5 Å². The number of anilines is 2. The number of hydrogen-bond acceptors (Lipinski definition) is 6. The second-order valence-electron chi connectivity index (χ2n) is 11.0. The van der Waals surface area contributed by atoms with Crippen LogP contribution in [0.1, 0.15) is 52.0 Å². The number of ether oxygens (including phenoxy) is 1. The van der Waals surface area contributed by atoms with Crippen LogP contribution < -0.4 is 20.3 Å². The van der Waals surface area contributed by atoms with Gasteiger partial charge in [0.2, 0.25) is 5.95 Å². The molecule has 1 fully saturated rings. The first kappa shape index (κ1) is 25.7. The summed E-state index contributed by atoms with van der Waals surface area (Å²) < 4.78 is 5.68. The fourth-order valence-corrected chi connectivity index (χ4v) is 4.67. The Morgan fingerprint density at radius 1 is 1.00 bits per heavy atom. The summed E-state index contributed by atoms with van der Waals surface area (Å²) in [5.74, 6) is 2.73. The van der Waals surface area contributed by atoms with E-state index in [0.29, 0.717) is 24.5 Å². The number of carbonyl (C=O) groups is 1. The fraction of sp³-hybridized carbons (Fsp3) is 0.483. The van der Waals surface area contributed by atoms with Crippen LogP contribution in [0.25, 0.3) is 10.9 Å². The molecule has 4 rings (SSSR count). The molecule has 0 bridgehead atoms. The minimum atomic E-state index is -0.0732. The largest absolute Gasteiger partial charge is 0.484 e. The highest BCUT2D eigenvalue weighted by Gasteiger charge is 2.23. The van der Waals surface area contributed by atoms with Gasteiger partial charge >= 0.3 is 0 Å². The van der Waals surface area contributed by atoms with Crippen molar-refractivity contribution in [2.45, 2.75) is 57.9 Å². The average molecular weight is 490 g/mol. The lowest BCUT2D eigenvalue weighted by molar-refractivity contribution is -0.123. The normalized spacial score (nSPS) is 18.0. The number of aromatic nitrogens is 2. The van der Waals surface area contributed by atoms with Crippen LogP contribution in [0.15, 0.2) is 48.5 Å². The van der Waals surface area contributed by atoms with Crippen molar-refractivity contribution in [2.24, 2.45) is 5.92 Å². The summed E-state index contributed by atoms with van der Waals surface area (Å²) in [7, 11) is 4.01. The summed E-state index contributed by atoms with van der Waals surface area (Å²) in [5.41, 5.74) is 2.29. The Morgan fingerprint density at radius 2 is 1.69 bits per heavy atom. The molecule has 36 heavy (non-hydrogen) atoms. The molecule has 0 spiro atoms. The molecule has 1 aromatic heterocycles. The van der Waals surface area contributed by atoms with Gasteiger partial charge in [-0.1, -0.05) is 45.0 Å². The first-order valence-electron chi connectivity index (χ1n) is 12.9. The molecule has 192 valence electrons. The molecule has 1 aliphatic carbocycles. The van der Waals surface area contributed by atoms with Crippen molar-refractivity contribution >= 4 is 28.6 Å². The van der Waals surface area contributed by atoms with E-state index in [1.807, 2.05) is 49.3 Å². The van der Waals surface area contributed by atoms with Gasteiger partial charge in [0.15, 0.2) is 6.61 Å². The Kier molecular flexibility index (Phi) is 7.97. The summed E-state index contributed by atoms with van der Waals surface area (Å²) in [4.78, 5) is 23.8. The van der Waals surface area contributed by atoms with Crippen molar-refractivity contribution < 1.29 is 9.53 Å². The predicted molar refractivity (Wildman–Crippen MR) is 147 cm³/mol. The van der Waals surface area contributed by atoms with Crippen LogP contribution in [-0.4, -0.2) is 49.2 Å². The summed E-state index contributed by atoms with van der Waals surface area (Å²) in [5, 5.41) is 7.65. The topological polar surface area (TPSA) is 79.4 Å². The monoisotopic (exact) mass is 489 g/mol. The van der Waals surface area contributed by atoms with E-state index >= 15 is 0 Å². The van der Waals surface area contributed by atoms with Crippen molar-refractivity contribution in [1.29, 1.82) is 0 Å². The molecule has 0 unspecified atom stereocenters. The third kappa shape index (κ3) is 6.65. The highest BCUT2D eigenvalue weighted by molar-refractivity contribution is 5.90. The zero-order valence-electron chi connectivity index (χ0n) is 22.2. The number of rotatable bonds is 8. The van der Waals surface area contributed by atoms with Crippen LogP contribution in [-0.2, 0) is 10.2 Å². The summed E-state index contributed by atoms with van der Waals surface area (Å²) >= 11 is 0. The molecule has 0 atom stereocenters. The maximum atomic E-state index is 12.3. The molecule has 7 nitrogen and oxygen atoms in total. The maximum absolute atomic E-state index is 12.3. The van der Waals surface area contributed by atoms with E-state index in [1.165, 1.54) is 5.56 Å². The molecule has 1 amide bonds. The van der Waals surface area contributed by atoms with E-state index in [9.17, 15) is 4.79 Å². The van der Waals surface area contributed by atoms with E-state index < -0.39 is 0 Å². The molecule has 2 N–H and O–H groups in total. The zero-order valence-corrected chi connectivity index (χ0v) is 22.2. The summed E-state index contributed by atoms with van der Waals surface area (Å²) in [6.07, 6.45) is 4.18. The van der Waals surface area contributed by atoms with E-state index in [-0.39, 0.29) is 17.9 Å². The fourth-order valence-electron chi connectivity index (χ4n) is 4.67. The van der Waals surface area contributed by atoms with Crippen molar-refractivity contribution in [3.63, 3.8) is 0 Å². The zero-order chi connectivity index (χ0) is 25.7. The van der Waals surface area contributed by atoms with Gasteiger partial charge in [-0.25, -0.2) is 4.98 Å². The SMILES string of the molecule is CN(C)c1nc(NC2CCC(CNC(=O)COc3ccc(C(C)(C)C)cc3)CC2)nc2ccccc12. The smallest absolute Gasteiger partial charge is 0.257 e. The van der Waals surface area contributed by atoms with E-state index in [4.69, 9.17) is 14.7 Å². The van der Waals surface area contributed by atoms with Crippen molar-refractivity contribution in [1.82, 2.24) is 15.3 Å². The van der Waals surface area contributed by atoms with Crippen molar-refractivity contribution in [3.05, 3.63) is 54.1 Å². The van der Waals surface area contributed by atoms with Gasteiger partial charge in [0.25, 0.3) is 5.91 Å². The number of carbonyl (C=O) groups excluding carboxylic acids is 1. The number of hydrogen-bond donors (Lipinski definition) is 2. The molecular formula is C29H39N5O2. The Hall–Kier alpha value is -3.35. The van der Waals surface area contributed by atoms with Gasteiger partial charge < -0.3 is 20.3 Å². The molecule has 1 aliphatic rings. The number of para-hydroxylation sites is 1. The maximum Gasteiger partial charge on any atom is 0.257 e. The number of benzene rings is 2. The third-order valence-corrected chi connectivity index (χ3v) is 6.86. The average Bonchev–Trinajstić information content (AvgIpc) is 2.86. The number of nitrogens with zero attached hydrogens (tertiary/aromatic N) is 3. The summed E-state index contributed by atoms with van der Waals surface area (Å²) in [6, 6.07) is 16.4. The van der Waals surface area contributed by atoms with Gasteiger partial charge in [-0.05, 0) is 66.8 Å². The molecular weight excluding hydrogens is 450 g/mol. The Bertz CT molecular complexity index is 1160. The molecule has 2 aromatic carbocycles. The van der Waals surface area contributed by atoms with Gasteiger partial charge in [0.05, 0.1) is 5.52 Å². The number of fused-ring (bicyclic) bond motifs is 1. The Balaban J connectivity index is 1.21. The van der Waals surface area contributed by atoms with Crippen molar-refractivity contribution in [3.8, 4) is 5.75 Å². The molecule has 0 saturated heterocycles. The van der Waals surface area contributed by atoms with E-state index in [0.717, 1.165) is 48.2 Å². The minimum Gasteiger partial charge on any atom is -0.484 e. The van der Waals surface area contributed by atoms with Crippen LogP contribution in [0.2, 0.25) is 0 Å². The highest BCUT2D eigenvalue weighted by Crippen LogP contribution is 2.28.